The Kier molecular flexibility index (Phi) is 7.32. The fourth-order valence-electron chi connectivity index (χ4n) is 2.59. The molecular weight excluding hydrogens is 314 g/mol. The van der Waals surface area contributed by atoms with Crippen molar-refractivity contribution in [3.05, 3.63) is 47.3 Å². The van der Waals surface area contributed by atoms with E-state index in [0.717, 1.165) is 43.2 Å². The fourth-order valence-corrected chi connectivity index (χ4v) is 2.59. The van der Waals surface area contributed by atoms with Crippen LogP contribution in [-0.2, 0) is 20.0 Å². The SMILES string of the molecule is CCNC(=NCc1ccc(C)cc1OC)NCCCc1cnn(C)c1. The minimum Gasteiger partial charge on any atom is -0.496 e. The lowest BCUT2D eigenvalue weighted by Gasteiger charge is -2.12. The van der Waals surface area contributed by atoms with E-state index in [-0.39, 0.29) is 0 Å². The molecule has 0 aliphatic rings. The van der Waals surface area contributed by atoms with Gasteiger partial charge in [-0.15, -0.1) is 0 Å². The second-order valence-electron chi connectivity index (χ2n) is 6.06. The molecule has 136 valence electrons. The Labute approximate surface area is 150 Å². The summed E-state index contributed by atoms with van der Waals surface area (Å²) in [6.07, 6.45) is 6.02. The second-order valence-corrected chi connectivity index (χ2v) is 6.06. The molecule has 0 amide bonds. The molecule has 0 aliphatic heterocycles. The van der Waals surface area contributed by atoms with Crippen LogP contribution < -0.4 is 15.4 Å². The second kappa shape index (κ2) is 9.71. The number of nitrogens with one attached hydrogen (secondary N) is 2. The summed E-state index contributed by atoms with van der Waals surface area (Å²) in [6, 6.07) is 6.20. The van der Waals surface area contributed by atoms with Gasteiger partial charge < -0.3 is 15.4 Å². The molecule has 6 nitrogen and oxygen atoms in total. The van der Waals surface area contributed by atoms with Gasteiger partial charge in [-0.25, -0.2) is 4.99 Å². The molecule has 2 N–H and O–H groups in total. The Morgan fingerprint density at radius 2 is 2.16 bits per heavy atom. The number of rotatable bonds is 8. The van der Waals surface area contributed by atoms with Crippen LogP contribution in [0.15, 0.2) is 35.6 Å². The van der Waals surface area contributed by atoms with E-state index >= 15 is 0 Å². The quantitative estimate of drug-likeness (QED) is 0.439. The molecular formula is C19H29N5O. The van der Waals surface area contributed by atoms with Crippen molar-refractivity contribution in [1.82, 2.24) is 20.4 Å². The Balaban J connectivity index is 1.87. The Bertz CT molecular complexity index is 693. The van der Waals surface area contributed by atoms with E-state index < -0.39 is 0 Å². The predicted octanol–water partition coefficient (Wildman–Crippen LogP) is 2.43. The van der Waals surface area contributed by atoms with E-state index in [2.05, 4.69) is 52.9 Å². The number of aliphatic imine (C=N–C) groups is 1. The van der Waals surface area contributed by atoms with Crippen molar-refractivity contribution in [2.75, 3.05) is 20.2 Å². The van der Waals surface area contributed by atoms with Gasteiger partial charge in [-0.1, -0.05) is 12.1 Å². The molecule has 6 heteroatoms. The van der Waals surface area contributed by atoms with Crippen LogP contribution in [0, 0.1) is 6.92 Å². The molecule has 1 heterocycles. The zero-order chi connectivity index (χ0) is 18.1. The number of benzene rings is 1. The minimum atomic E-state index is 0.585. The number of aromatic nitrogens is 2. The lowest BCUT2D eigenvalue weighted by Crippen LogP contribution is -2.37. The summed E-state index contributed by atoms with van der Waals surface area (Å²) < 4.78 is 7.29. The zero-order valence-electron chi connectivity index (χ0n) is 15.7. The van der Waals surface area contributed by atoms with Crippen LogP contribution in [0.4, 0.5) is 0 Å². The summed E-state index contributed by atoms with van der Waals surface area (Å²) in [7, 11) is 3.64. The topological polar surface area (TPSA) is 63.5 Å². The molecule has 0 fully saturated rings. The molecule has 2 rings (SSSR count). The summed E-state index contributed by atoms with van der Waals surface area (Å²) in [5.41, 5.74) is 3.53. The highest BCUT2D eigenvalue weighted by Crippen LogP contribution is 2.20. The fraction of sp³-hybridized carbons (Fsp3) is 0.474. The molecule has 1 aromatic heterocycles. The largest absolute Gasteiger partial charge is 0.496 e. The van der Waals surface area contributed by atoms with Gasteiger partial charge in [0, 0.05) is 31.9 Å². The third-order valence-electron chi connectivity index (χ3n) is 3.89. The first-order valence-electron chi connectivity index (χ1n) is 8.75. The predicted molar refractivity (Wildman–Crippen MR) is 102 cm³/mol. The molecule has 0 atom stereocenters. The first-order chi connectivity index (χ1) is 12.1. The molecule has 0 radical (unpaired) electrons. The molecule has 0 saturated heterocycles. The first-order valence-corrected chi connectivity index (χ1v) is 8.75. The third kappa shape index (κ3) is 6.14. The van der Waals surface area contributed by atoms with Crippen LogP contribution in [-0.4, -0.2) is 35.9 Å². The van der Waals surface area contributed by atoms with Gasteiger partial charge in [0.05, 0.1) is 19.9 Å². The van der Waals surface area contributed by atoms with Crippen molar-refractivity contribution < 1.29 is 4.74 Å². The van der Waals surface area contributed by atoms with Gasteiger partial charge in [-0.05, 0) is 43.9 Å². The van der Waals surface area contributed by atoms with Crippen molar-refractivity contribution in [2.24, 2.45) is 12.0 Å². The van der Waals surface area contributed by atoms with Gasteiger partial charge >= 0.3 is 0 Å². The highest BCUT2D eigenvalue weighted by atomic mass is 16.5. The Morgan fingerprint density at radius 3 is 2.84 bits per heavy atom. The molecule has 0 unspecified atom stereocenters. The molecule has 0 spiro atoms. The summed E-state index contributed by atoms with van der Waals surface area (Å²) in [5.74, 6) is 1.72. The van der Waals surface area contributed by atoms with Crippen molar-refractivity contribution in [2.45, 2.75) is 33.2 Å². The maximum Gasteiger partial charge on any atom is 0.191 e. The number of hydrogen-bond acceptors (Lipinski definition) is 3. The average Bonchev–Trinajstić information content (AvgIpc) is 3.02. The van der Waals surface area contributed by atoms with E-state index in [1.165, 1.54) is 11.1 Å². The number of aryl methyl sites for hydroxylation is 3. The van der Waals surface area contributed by atoms with E-state index in [1.807, 2.05) is 24.0 Å². The van der Waals surface area contributed by atoms with Crippen LogP contribution in [0.25, 0.3) is 0 Å². The van der Waals surface area contributed by atoms with Gasteiger partial charge in [-0.2, -0.15) is 5.10 Å². The number of ether oxygens (including phenoxy) is 1. The number of hydrogen-bond donors (Lipinski definition) is 2. The Hall–Kier alpha value is -2.50. The van der Waals surface area contributed by atoms with Crippen LogP contribution in [0.3, 0.4) is 0 Å². The third-order valence-corrected chi connectivity index (χ3v) is 3.89. The number of nitrogens with zero attached hydrogens (tertiary/aromatic N) is 3. The summed E-state index contributed by atoms with van der Waals surface area (Å²) in [5, 5.41) is 10.9. The maximum atomic E-state index is 5.45. The Morgan fingerprint density at radius 1 is 1.32 bits per heavy atom. The van der Waals surface area contributed by atoms with Gasteiger partial charge in [-0.3, -0.25) is 4.68 Å². The van der Waals surface area contributed by atoms with E-state index in [9.17, 15) is 0 Å². The van der Waals surface area contributed by atoms with Crippen molar-refractivity contribution in [3.8, 4) is 5.75 Å². The summed E-state index contributed by atoms with van der Waals surface area (Å²) in [4.78, 5) is 4.67. The standard InChI is InChI=1S/C19H29N5O/c1-5-20-19(21-10-6-7-16-12-23-24(3)14-16)22-13-17-9-8-15(2)11-18(17)25-4/h8-9,11-12,14H,5-7,10,13H2,1-4H3,(H2,20,21,22). The zero-order valence-corrected chi connectivity index (χ0v) is 15.7. The monoisotopic (exact) mass is 343 g/mol. The van der Waals surface area contributed by atoms with Crippen molar-refractivity contribution in [1.29, 1.82) is 0 Å². The normalized spacial score (nSPS) is 11.4. The summed E-state index contributed by atoms with van der Waals surface area (Å²) in [6.45, 7) is 6.41. The van der Waals surface area contributed by atoms with E-state index in [1.54, 1.807) is 7.11 Å². The highest BCUT2D eigenvalue weighted by molar-refractivity contribution is 5.79. The van der Waals surface area contributed by atoms with Crippen molar-refractivity contribution >= 4 is 5.96 Å². The smallest absolute Gasteiger partial charge is 0.191 e. The average molecular weight is 343 g/mol. The lowest BCUT2D eigenvalue weighted by molar-refractivity contribution is 0.409. The van der Waals surface area contributed by atoms with Gasteiger partial charge in [0.1, 0.15) is 5.75 Å². The number of methoxy groups -OCH3 is 1. The number of guanidine groups is 1. The van der Waals surface area contributed by atoms with E-state index in [0.29, 0.717) is 6.54 Å². The van der Waals surface area contributed by atoms with Gasteiger partial charge in [0.25, 0.3) is 0 Å². The van der Waals surface area contributed by atoms with Crippen LogP contribution >= 0.6 is 0 Å². The van der Waals surface area contributed by atoms with E-state index in [4.69, 9.17) is 4.74 Å². The van der Waals surface area contributed by atoms with Gasteiger partial charge in [0.15, 0.2) is 5.96 Å². The highest BCUT2D eigenvalue weighted by Gasteiger charge is 2.04. The van der Waals surface area contributed by atoms with Crippen LogP contribution in [0.5, 0.6) is 5.75 Å². The molecule has 25 heavy (non-hydrogen) atoms. The van der Waals surface area contributed by atoms with Crippen LogP contribution in [0.2, 0.25) is 0 Å². The minimum absolute atomic E-state index is 0.585. The molecule has 1 aromatic carbocycles. The van der Waals surface area contributed by atoms with Crippen LogP contribution in [0.1, 0.15) is 30.0 Å². The first kappa shape index (κ1) is 18.8. The lowest BCUT2D eigenvalue weighted by atomic mass is 10.1. The maximum absolute atomic E-state index is 5.45. The summed E-state index contributed by atoms with van der Waals surface area (Å²) >= 11 is 0. The molecule has 2 aromatic rings. The van der Waals surface area contributed by atoms with Crippen molar-refractivity contribution in [3.63, 3.8) is 0 Å². The molecule has 0 bridgehead atoms. The molecule has 0 saturated carbocycles. The molecule has 0 aliphatic carbocycles. The van der Waals surface area contributed by atoms with Gasteiger partial charge in [0.2, 0.25) is 0 Å².